The minimum absolute atomic E-state index is 0.0177. The normalized spacial score (nSPS) is 10.4. The van der Waals surface area contributed by atoms with Gasteiger partial charge in [-0.05, 0) is 38.1 Å². The highest BCUT2D eigenvalue weighted by Crippen LogP contribution is 2.18. The second kappa shape index (κ2) is 7.45. The maximum absolute atomic E-state index is 13.4. The van der Waals surface area contributed by atoms with Gasteiger partial charge in [0.15, 0.2) is 0 Å². The molecule has 0 unspecified atom stereocenters. The molecule has 2 aromatic carbocycles. The van der Waals surface area contributed by atoms with Gasteiger partial charge in [-0.2, -0.15) is 0 Å². The van der Waals surface area contributed by atoms with Gasteiger partial charge in [-0.15, -0.1) is 0 Å². The fourth-order valence-corrected chi connectivity index (χ4v) is 1.90. The van der Waals surface area contributed by atoms with Crippen molar-refractivity contribution in [3.8, 4) is 5.75 Å². The van der Waals surface area contributed by atoms with Crippen LogP contribution < -0.4 is 15.4 Å². The zero-order valence-corrected chi connectivity index (χ0v) is 12.6. The molecule has 1 amide bonds. The molecule has 0 saturated heterocycles. The quantitative estimate of drug-likeness (QED) is 0.856. The molecule has 0 fully saturated rings. The molecule has 0 saturated carbocycles. The van der Waals surface area contributed by atoms with Gasteiger partial charge in [-0.3, -0.25) is 4.79 Å². The number of nitrogens with one attached hydrogen (secondary N) is 2. The Morgan fingerprint density at radius 2 is 1.95 bits per heavy atom. The van der Waals surface area contributed by atoms with E-state index in [1.54, 1.807) is 36.4 Å². The summed E-state index contributed by atoms with van der Waals surface area (Å²) in [6, 6.07) is 13.4. The van der Waals surface area contributed by atoms with E-state index in [0.29, 0.717) is 17.1 Å². The highest BCUT2D eigenvalue weighted by Gasteiger charge is 2.06. The molecule has 0 aliphatic rings. The number of amides is 1. The summed E-state index contributed by atoms with van der Waals surface area (Å²) in [5.41, 5.74) is 0.938. The van der Waals surface area contributed by atoms with Crippen LogP contribution in [-0.2, 0) is 4.79 Å². The molecular formula is C17H19FN2O2. The van der Waals surface area contributed by atoms with E-state index >= 15 is 0 Å². The Labute approximate surface area is 129 Å². The zero-order valence-electron chi connectivity index (χ0n) is 12.6. The van der Waals surface area contributed by atoms with Crippen LogP contribution in [0.5, 0.6) is 5.75 Å². The van der Waals surface area contributed by atoms with Crippen LogP contribution in [0.25, 0.3) is 0 Å². The van der Waals surface area contributed by atoms with E-state index in [1.165, 1.54) is 6.07 Å². The van der Waals surface area contributed by atoms with Gasteiger partial charge in [0.2, 0.25) is 5.91 Å². The lowest BCUT2D eigenvalue weighted by Gasteiger charge is -2.12. The third kappa shape index (κ3) is 4.77. The minimum atomic E-state index is -0.386. The topological polar surface area (TPSA) is 50.4 Å². The van der Waals surface area contributed by atoms with E-state index in [4.69, 9.17) is 4.74 Å². The lowest BCUT2D eigenvalue weighted by atomic mass is 10.3. The van der Waals surface area contributed by atoms with Crippen molar-refractivity contribution in [2.45, 2.75) is 20.0 Å². The lowest BCUT2D eigenvalue weighted by Crippen LogP contribution is -2.22. The van der Waals surface area contributed by atoms with Crippen molar-refractivity contribution in [3.05, 3.63) is 54.3 Å². The number of rotatable bonds is 6. The molecule has 2 rings (SSSR count). The molecule has 0 aliphatic carbocycles. The molecule has 0 spiro atoms. The fourth-order valence-electron chi connectivity index (χ4n) is 1.90. The Balaban J connectivity index is 1.91. The predicted octanol–water partition coefficient (Wildman–Crippen LogP) is 3.66. The van der Waals surface area contributed by atoms with E-state index in [-0.39, 0.29) is 24.4 Å². The first-order chi connectivity index (χ1) is 10.5. The summed E-state index contributed by atoms with van der Waals surface area (Å²) in [6.45, 7) is 3.85. The first-order valence-corrected chi connectivity index (χ1v) is 7.09. The van der Waals surface area contributed by atoms with Crippen molar-refractivity contribution >= 4 is 17.3 Å². The van der Waals surface area contributed by atoms with E-state index < -0.39 is 0 Å². The average Bonchev–Trinajstić information content (AvgIpc) is 2.46. The molecule has 2 N–H and O–H groups in total. The first-order valence-electron chi connectivity index (χ1n) is 7.09. The number of carbonyl (C=O) groups is 1. The summed E-state index contributed by atoms with van der Waals surface area (Å²) in [6.07, 6.45) is 0.0636. The summed E-state index contributed by atoms with van der Waals surface area (Å²) in [5.74, 6) is 0.0439. The summed E-state index contributed by atoms with van der Waals surface area (Å²) in [4.78, 5) is 11.9. The lowest BCUT2D eigenvalue weighted by molar-refractivity contribution is -0.114. The Bertz CT molecular complexity index is 644. The van der Waals surface area contributed by atoms with Crippen LogP contribution >= 0.6 is 0 Å². The Hall–Kier alpha value is -2.56. The summed E-state index contributed by atoms with van der Waals surface area (Å²) < 4.78 is 19.0. The van der Waals surface area contributed by atoms with E-state index in [2.05, 4.69) is 10.6 Å². The van der Waals surface area contributed by atoms with Gasteiger partial charge in [-0.25, -0.2) is 4.39 Å². The largest absolute Gasteiger partial charge is 0.491 e. The van der Waals surface area contributed by atoms with Crippen molar-refractivity contribution in [2.24, 2.45) is 0 Å². The summed E-state index contributed by atoms with van der Waals surface area (Å²) in [5, 5.41) is 5.50. The first kappa shape index (κ1) is 15.8. The smallest absolute Gasteiger partial charge is 0.243 e. The average molecular weight is 302 g/mol. The van der Waals surface area contributed by atoms with Crippen LogP contribution in [0, 0.1) is 5.82 Å². The highest BCUT2D eigenvalue weighted by molar-refractivity contribution is 5.93. The van der Waals surface area contributed by atoms with Gasteiger partial charge in [0.05, 0.1) is 18.3 Å². The van der Waals surface area contributed by atoms with Crippen LogP contribution in [-0.4, -0.2) is 18.6 Å². The van der Waals surface area contributed by atoms with Crippen molar-refractivity contribution in [3.63, 3.8) is 0 Å². The van der Waals surface area contributed by atoms with Gasteiger partial charge in [0.25, 0.3) is 0 Å². The maximum atomic E-state index is 13.4. The number of anilines is 2. The van der Waals surface area contributed by atoms with Crippen LogP contribution in [0.15, 0.2) is 48.5 Å². The van der Waals surface area contributed by atoms with Crippen molar-refractivity contribution in [1.29, 1.82) is 0 Å². The molecule has 22 heavy (non-hydrogen) atoms. The highest BCUT2D eigenvalue weighted by atomic mass is 19.1. The fraction of sp³-hybridized carbons (Fsp3) is 0.235. The third-order valence-corrected chi connectivity index (χ3v) is 2.80. The Morgan fingerprint density at radius 3 is 2.68 bits per heavy atom. The van der Waals surface area contributed by atoms with Gasteiger partial charge >= 0.3 is 0 Å². The predicted molar refractivity (Wildman–Crippen MR) is 85.7 cm³/mol. The van der Waals surface area contributed by atoms with Gasteiger partial charge in [-0.1, -0.05) is 18.2 Å². The van der Waals surface area contributed by atoms with Crippen molar-refractivity contribution < 1.29 is 13.9 Å². The number of hydrogen-bond donors (Lipinski definition) is 2. The van der Waals surface area contributed by atoms with Gasteiger partial charge in [0, 0.05) is 11.8 Å². The zero-order chi connectivity index (χ0) is 15.9. The van der Waals surface area contributed by atoms with Crippen molar-refractivity contribution in [2.75, 3.05) is 17.2 Å². The molecule has 0 aromatic heterocycles. The number of benzene rings is 2. The molecule has 0 heterocycles. The second-order valence-corrected chi connectivity index (χ2v) is 5.08. The number of carbonyl (C=O) groups excluding carboxylic acids is 1. The monoisotopic (exact) mass is 302 g/mol. The summed E-state index contributed by atoms with van der Waals surface area (Å²) >= 11 is 0. The van der Waals surface area contributed by atoms with E-state index in [1.807, 2.05) is 19.9 Å². The Kier molecular flexibility index (Phi) is 5.36. The van der Waals surface area contributed by atoms with E-state index in [9.17, 15) is 9.18 Å². The molecule has 0 radical (unpaired) electrons. The number of para-hydroxylation sites is 1. The standard InChI is InChI=1S/C17H19FN2O2/c1-12(2)22-14-7-5-6-13(10-14)20-17(21)11-19-16-9-4-3-8-15(16)18/h3-10,12,19H,11H2,1-2H3,(H,20,21). The number of hydrogen-bond acceptors (Lipinski definition) is 3. The van der Waals surface area contributed by atoms with Crippen LogP contribution in [0.2, 0.25) is 0 Å². The molecular weight excluding hydrogens is 283 g/mol. The third-order valence-electron chi connectivity index (χ3n) is 2.80. The summed E-state index contributed by atoms with van der Waals surface area (Å²) in [7, 11) is 0. The van der Waals surface area contributed by atoms with Crippen LogP contribution in [0.3, 0.4) is 0 Å². The Morgan fingerprint density at radius 1 is 1.18 bits per heavy atom. The van der Waals surface area contributed by atoms with E-state index in [0.717, 1.165) is 0 Å². The molecule has 116 valence electrons. The molecule has 0 aliphatic heterocycles. The number of ether oxygens (including phenoxy) is 1. The minimum Gasteiger partial charge on any atom is -0.491 e. The molecule has 0 bridgehead atoms. The van der Waals surface area contributed by atoms with Crippen LogP contribution in [0.4, 0.5) is 15.8 Å². The SMILES string of the molecule is CC(C)Oc1cccc(NC(=O)CNc2ccccc2F)c1. The number of halogens is 1. The molecule has 4 nitrogen and oxygen atoms in total. The van der Waals surface area contributed by atoms with Crippen molar-refractivity contribution in [1.82, 2.24) is 0 Å². The second-order valence-electron chi connectivity index (χ2n) is 5.08. The molecule has 2 aromatic rings. The molecule has 5 heteroatoms. The van der Waals surface area contributed by atoms with Gasteiger partial charge < -0.3 is 15.4 Å². The maximum Gasteiger partial charge on any atom is 0.243 e. The van der Waals surface area contributed by atoms with Crippen LogP contribution in [0.1, 0.15) is 13.8 Å². The molecule has 0 atom stereocenters. The van der Waals surface area contributed by atoms with Gasteiger partial charge in [0.1, 0.15) is 11.6 Å².